The minimum Gasteiger partial charge on any atom is -0.491 e. The van der Waals surface area contributed by atoms with Crippen LogP contribution < -0.4 is 28.7 Å². The first-order valence-electron chi connectivity index (χ1n) is 28.9. The Bertz CT molecular complexity index is 4420. The molecule has 2 aliphatic heterocycles. The Morgan fingerprint density at radius 3 is 1.22 bits per heavy atom. The lowest BCUT2D eigenvalue weighted by molar-refractivity contribution is 0.0127. The van der Waals surface area contributed by atoms with Crippen LogP contribution in [-0.2, 0) is 14.9 Å². The molecule has 0 radical (unpaired) electrons. The molecule has 16 nitrogen and oxygen atoms in total. The Labute approximate surface area is 528 Å². The van der Waals surface area contributed by atoms with Crippen molar-refractivity contribution >= 4 is 68.5 Å². The van der Waals surface area contributed by atoms with Crippen molar-refractivity contribution in [3.63, 3.8) is 0 Å². The highest BCUT2D eigenvalue weighted by molar-refractivity contribution is 6.37. The maximum atomic E-state index is 13.8. The van der Waals surface area contributed by atoms with E-state index in [2.05, 4.69) is 36.1 Å². The van der Waals surface area contributed by atoms with Gasteiger partial charge in [-0.1, -0.05) is 116 Å². The van der Waals surface area contributed by atoms with Gasteiger partial charge in [-0.05, 0) is 153 Å². The number of nitrogens with zero attached hydrogens (tertiary/aromatic N) is 2. The van der Waals surface area contributed by atoms with Crippen LogP contribution in [0, 0.1) is 24.7 Å². The van der Waals surface area contributed by atoms with Crippen LogP contribution in [0.25, 0.3) is 32.7 Å². The van der Waals surface area contributed by atoms with Crippen molar-refractivity contribution in [3.8, 4) is 58.8 Å². The van der Waals surface area contributed by atoms with Crippen molar-refractivity contribution in [2.45, 2.75) is 25.0 Å². The second kappa shape index (κ2) is 25.3. The van der Waals surface area contributed by atoms with Gasteiger partial charge in [0.1, 0.15) is 74.8 Å². The summed E-state index contributed by atoms with van der Waals surface area (Å²) in [5, 5.41) is 24.7. The lowest BCUT2D eigenvalue weighted by Crippen LogP contribution is -2.29. The fourth-order valence-electron chi connectivity index (χ4n) is 12.1. The molecule has 0 fully saturated rings. The van der Waals surface area contributed by atoms with Gasteiger partial charge in [-0.25, -0.2) is 19.4 Å². The third kappa shape index (κ3) is 11.0. The molecule has 2 N–H and O–H groups in total. The van der Waals surface area contributed by atoms with Gasteiger partial charge in [0.2, 0.25) is 0 Å². The van der Waals surface area contributed by atoms with Crippen LogP contribution in [0.15, 0.2) is 206 Å². The number of fused-ring (bicyclic) bond motifs is 7. The van der Waals surface area contributed by atoms with Gasteiger partial charge in [0.25, 0.3) is 23.6 Å². The van der Waals surface area contributed by atoms with Crippen molar-refractivity contribution < 1.29 is 67.4 Å². The summed E-state index contributed by atoms with van der Waals surface area (Å²) in [7, 11) is 0. The summed E-state index contributed by atoms with van der Waals surface area (Å²) in [5.41, 5.74) is 6.32. The number of carbonyl (C=O) groups is 6. The van der Waals surface area contributed by atoms with E-state index in [1.165, 1.54) is 36.4 Å². The van der Waals surface area contributed by atoms with E-state index < -0.39 is 66.4 Å². The van der Waals surface area contributed by atoms with E-state index in [0.29, 0.717) is 45.1 Å². The summed E-state index contributed by atoms with van der Waals surface area (Å²) >= 11 is 0. The molecule has 3 aliphatic rings. The molecule has 4 amide bonds. The molecular formula is C76H56N2O14. The summed E-state index contributed by atoms with van der Waals surface area (Å²) in [6.45, 7) is -1.13. The lowest BCUT2D eigenvalue weighted by atomic mass is 9.68. The smallest absolute Gasteiger partial charge is 0.338 e. The molecule has 92 heavy (non-hydrogen) atoms. The average Bonchev–Trinajstić information content (AvgIpc) is 1.53. The highest BCUT2D eigenvalue weighted by Gasteiger charge is 2.46. The van der Waals surface area contributed by atoms with Gasteiger partial charge in [0.15, 0.2) is 0 Å². The Balaban J connectivity index is 0.00000816. The summed E-state index contributed by atoms with van der Waals surface area (Å²) in [6.07, 6.45) is 8.22. The van der Waals surface area contributed by atoms with Crippen LogP contribution in [0.3, 0.4) is 0 Å². The monoisotopic (exact) mass is 1220 g/mol. The zero-order valence-corrected chi connectivity index (χ0v) is 48.4. The van der Waals surface area contributed by atoms with E-state index in [0.717, 1.165) is 54.0 Å². The van der Waals surface area contributed by atoms with Gasteiger partial charge in [-0.2, -0.15) is 0 Å². The second-order valence-corrected chi connectivity index (χ2v) is 21.7. The fourth-order valence-corrected chi connectivity index (χ4v) is 12.1. The molecule has 16 heteroatoms. The zero-order valence-electron chi connectivity index (χ0n) is 48.4. The van der Waals surface area contributed by atoms with E-state index in [9.17, 15) is 39.0 Å². The van der Waals surface area contributed by atoms with Crippen LogP contribution in [0.2, 0.25) is 0 Å². The lowest BCUT2D eigenvalue weighted by Gasteiger charge is -2.34. The van der Waals surface area contributed by atoms with Gasteiger partial charge < -0.3 is 38.6 Å². The third-order valence-corrected chi connectivity index (χ3v) is 16.3. The first kappa shape index (κ1) is 60.5. The molecule has 0 spiro atoms. The minimum absolute atomic E-state index is 0. The number of imide groups is 2. The van der Waals surface area contributed by atoms with Crippen LogP contribution >= 0.6 is 0 Å². The first-order chi connectivity index (χ1) is 44.3. The molecule has 454 valence electrons. The van der Waals surface area contributed by atoms with Crippen LogP contribution in [0.5, 0.6) is 23.0 Å². The van der Waals surface area contributed by atoms with Crippen molar-refractivity contribution in [1.29, 1.82) is 0 Å². The third-order valence-electron chi connectivity index (χ3n) is 16.3. The molecule has 2 heterocycles. The molecule has 0 saturated carbocycles. The topological polar surface area (TPSA) is 205 Å². The minimum atomic E-state index is -1.23. The van der Waals surface area contributed by atoms with Crippen LogP contribution in [-0.4, -0.2) is 97.6 Å². The van der Waals surface area contributed by atoms with Crippen molar-refractivity contribution in [3.05, 3.63) is 262 Å². The number of carbonyl (C=O) groups excluding carboxylic acids is 6. The number of terminal acetylenes is 2. The molecule has 10 aromatic carbocycles. The van der Waals surface area contributed by atoms with Gasteiger partial charge in [-0.3, -0.25) is 19.2 Å². The number of hydrogen-bond acceptors (Lipinski definition) is 14. The Hall–Kier alpha value is -11.8. The summed E-state index contributed by atoms with van der Waals surface area (Å²) in [4.78, 5) is 83.8. The molecule has 2 atom stereocenters. The molecule has 1 aliphatic carbocycles. The first-order valence-corrected chi connectivity index (χ1v) is 28.9. The largest absolute Gasteiger partial charge is 0.491 e. The highest BCUT2D eigenvalue weighted by atomic mass is 16.6. The van der Waals surface area contributed by atoms with Crippen LogP contribution in [0.1, 0.15) is 91.8 Å². The number of rotatable bonds is 20. The van der Waals surface area contributed by atoms with Crippen molar-refractivity contribution in [2.75, 3.05) is 49.4 Å². The Kier molecular flexibility index (Phi) is 16.7. The summed E-state index contributed by atoms with van der Waals surface area (Å²) in [6, 6.07) is 60.6. The number of aliphatic hydroxyl groups is 2. The van der Waals surface area contributed by atoms with E-state index in [4.69, 9.17) is 41.3 Å². The number of amides is 4. The molecule has 10 aromatic rings. The fraction of sp³-hybridized carbons (Fsp3) is 0.132. The summed E-state index contributed by atoms with van der Waals surface area (Å²) < 4.78 is 34.1. The maximum Gasteiger partial charge on any atom is 0.338 e. The quantitative estimate of drug-likeness (QED) is 0.0414. The zero-order chi connectivity index (χ0) is 62.9. The normalized spacial score (nSPS) is 13.8. The number of anilines is 2. The number of aliphatic hydroxyl groups excluding tert-OH is 2. The maximum absolute atomic E-state index is 13.8. The van der Waals surface area contributed by atoms with Crippen LogP contribution in [0.4, 0.5) is 11.4 Å². The van der Waals surface area contributed by atoms with E-state index in [1.807, 2.05) is 84.9 Å². The second-order valence-electron chi connectivity index (χ2n) is 21.7. The Morgan fingerprint density at radius 1 is 0.413 bits per heavy atom. The SMILES string of the molecule is C.C#CCOc1ccc2c(N3C(=O)c4ccc(C(=O)OCC(O)COc5ccc(C6(c7ccc(OCC(O)COC(=O)c8ccc9c(c8)C(=O)N(c8cccc%10cc(OCC#C)ccc8%10)C9=O)cc7)c7ccccc7-c7ccccc76)cc5)cc4C3=O)cccc2c1. The molecular weight excluding hydrogens is 1160 g/mol. The number of hydrogen-bond donors (Lipinski definition) is 2. The van der Waals surface area contributed by atoms with E-state index in [1.54, 1.807) is 60.7 Å². The van der Waals surface area contributed by atoms with Crippen molar-refractivity contribution in [1.82, 2.24) is 0 Å². The molecule has 0 saturated heterocycles. The number of ether oxygens (including phenoxy) is 6. The predicted molar refractivity (Wildman–Crippen MR) is 346 cm³/mol. The Morgan fingerprint density at radius 2 is 0.804 bits per heavy atom. The van der Waals surface area contributed by atoms with Gasteiger partial charge in [-0.15, -0.1) is 12.8 Å². The molecule has 13 rings (SSSR count). The van der Waals surface area contributed by atoms with E-state index >= 15 is 0 Å². The molecule has 0 aromatic heterocycles. The van der Waals surface area contributed by atoms with Gasteiger partial charge in [0, 0.05) is 10.8 Å². The molecule has 0 bridgehead atoms. The summed E-state index contributed by atoms with van der Waals surface area (Å²) in [5.74, 6) is 2.90. The average molecular weight is 1220 g/mol. The highest BCUT2D eigenvalue weighted by Crippen LogP contribution is 2.56. The number of benzene rings is 10. The number of esters is 2. The predicted octanol–water partition coefficient (Wildman–Crippen LogP) is 11.8. The van der Waals surface area contributed by atoms with Crippen molar-refractivity contribution in [2.24, 2.45) is 0 Å². The molecule has 2 unspecified atom stereocenters. The van der Waals surface area contributed by atoms with Gasteiger partial charge in [0.05, 0.1) is 50.2 Å². The van der Waals surface area contributed by atoms with Gasteiger partial charge >= 0.3 is 11.9 Å². The standard InChI is InChI=1S/C75H52N2O14.CH4/c1-3-35-86-55-29-33-57-45(37-55)11-9-17-67(57)76-69(80)61-31-19-47(39-63(61)71(76)82)73(84)90-43-51(78)41-88-53-25-21-49(22-26-53)75(65-15-7-5-13-59(65)60-14-6-8-16-66(60)75)50-23-27-54(28-24-50)89-42-52(79)44-91-74(85)48-20-32-62-64(40-48)72(83)77(70(62)81)68-18-10-12-46-38-56(87-36-4-2)30-34-58(46)68;/h1-2,5-34,37-40,51-52,78-79H,35-36,41-44H2;1H4. The van der Waals surface area contributed by atoms with E-state index in [-0.39, 0.29) is 67.2 Å².